The van der Waals surface area contributed by atoms with E-state index < -0.39 is 0 Å². The second-order valence-electron chi connectivity index (χ2n) is 7.76. The molecule has 0 amide bonds. The fourth-order valence-electron chi connectivity index (χ4n) is 3.93. The maximum Gasteiger partial charge on any atom is 0.0397 e. The summed E-state index contributed by atoms with van der Waals surface area (Å²) in [5.74, 6) is 0.801. The van der Waals surface area contributed by atoms with Crippen LogP contribution < -0.4 is 10.2 Å². The lowest BCUT2D eigenvalue weighted by Crippen LogP contribution is -2.19. The van der Waals surface area contributed by atoms with Gasteiger partial charge in [-0.05, 0) is 46.9 Å². The normalized spacial score (nSPS) is 22.9. The number of rotatable bonds is 4. The van der Waals surface area contributed by atoms with Gasteiger partial charge in [-0.25, -0.2) is 0 Å². The van der Waals surface area contributed by atoms with Gasteiger partial charge in [0, 0.05) is 25.8 Å². The van der Waals surface area contributed by atoms with Gasteiger partial charge >= 0.3 is 0 Å². The van der Waals surface area contributed by atoms with E-state index in [1.54, 1.807) is 0 Å². The van der Waals surface area contributed by atoms with Crippen LogP contribution in [0.4, 0.5) is 5.69 Å². The molecule has 3 rings (SSSR count). The number of benzene rings is 1. The highest BCUT2D eigenvalue weighted by Crippen LogP contribution is 2.67. The molecule has 0 radical (unpaired) electrons. The first-order valence-corrected chi connectivity index (χ1v) is 7.87. The molecule has 2 heteroatoms. The molecular weight excluding hydrogens is 244 g/mol. The van der Waals surface area contributed by atoms with Gasteiger partial charge in [-0.15, -0.1) is 0 Å². The molecule has 2 aliphatic rings. The molecule has 1 aliphatic heterocycles. The molecule has 1 fully saturated rings. The Balaban J connectivity index is 1.56. The smallest absolute Gasteiger partial charge is 0.0397 e. The minimum Gasteiger partial charge on any atom is -0.374 e. The second-order valence-corrected chi connectivity index (χ2v) is 7.76. The van der Waals surface area contributed by atoms with E-state index in [9.17, 15) is 0 Å². The molecule has 0 bridgehead atoms. The van der Waals surface area contributed by atoms with Gasteiger partial charge in [-0.1, -0.05) is 39.8 Å². The molecule has 1 aliphatic carbocycles. The van der Waals surface area contributed by atoms with Crippen molar-refractivity contribution >= 4 is 5.69 Å². The number of anilines is 1. The summed E-state index contributed by atoms with van der Waals surface area (Å²) in [5.41, 5.74) is 5.33. The molecule has 1 aromatic rings. The Morgan fingerprint density at radius 3 is 2.55 bits per heavy atom. The summed E-state index contributed by atoms with van der Waals surface area (Å²) in [5, 5.41) is 3.66. The van der Waals surface area contributed by atoms with Crippen LogP contribution in [0, 0.1) is 16.7 Å². The third kappa shape index (κ3) is 2.05. The monoisotopic (exact) mass is 272 g/mol. The number of hydrogen-bond acceptors (Lipinski definition) is 2. The fraction of sp³-hybridized carbons (Fsp3) is 0.667. The number of likely N-dealkylation sites (N-methyl/N-ethyl adjacent to an activating group) is 1. The Hall–Kier alpha value is -1.02. The van der Waals surface area contributed by atoms with E-state index in [-0.39, 0.29) is 0 Å². The number of hydrogen-bond donors (Lipinski definition) is 1. The van der Waals surface area contributed by atoms with E-state index in [4.69, 9.17) is 0 Å². The first-order valence-electron chi connectivity index (χ1n) is 7.87. The minimum absolute atomic E-state index is 0.487. The standard InChI is InChI=1S/C18H28N2/c1-17(2)16(18(17,3)4)12-19-11-13-6-7-15-14(10-13)8-9-20(15)5/h6-7,10,16,19H,8-9,11-12H2,1-5H3. The van der Waals surface area contributed by atoms with Crippen LogP contribution in [0.15, 0.2) is 18.2 Å². The van der Waals surface area contributed by atoms with Crippen molar-refractivity contribution in [2.75, 3.05) is 25.0 Å². The van der Waals surface area contributed by atoms with Crippen LogP contribution in [0.2, 0.25) is 0 Å². The summed E-state index contributed by atoms with van der Waals surface area (Å²) >= 11 is 0. The molecule has 1 N–H and O–H groups in total. The zero-order valence-electron chi connectivity index (χ0n) is 13.6. The second kappa shape index (κ2) is 4.49. The molecule has 110 valence electrons. The third-order valence-electron chi connectivity index (χ3n) is 6.27. The molecule has 0 spiro atoms. The molecule has 20 heavy (non-hydrogen) atoms. The lowest BCUT2D eigenvalue weighted by Gasteiger charge is -2.12. The minimum atomic E-state index is 0.487. The van der Waals surface area contributed by atoms with E-state index in [1.165, 1.54) is 23.2 Å². The summed E-state index contributed by atoms with van der Waals surface area (Å²) in [7, 11) is 2.18. The van der Waals surface area contributed by atoms with Crippen molar-refractivity contribution in [1.29, 1.82) is 0 Å². The topological polar surface area (TPSA) is 15.3 Å². The molecule has 2 nitrogen and oxygen atoms in total. The molecule has 0 unspecified atom stereocenters. The summed E-state index contributed by atoms with van der Waals surface area (Å²) in [6.07, 6.45) is 1.20. The van der Waals surface area contributed by atoms with Gasteiger partial charge in [0.05, 0.1) is 0 Å². The first-order chi connectivity index (χ1) is 9.34. The summed E-state index contributed by atoms with van der Waals surface area (Å²) in [6, 6.07) is 6.94. The van der Waals surface area contributed by atoms with Gasteiger partial charge in [0.2, 0.25) is 0 Å². The molecule has 0 aromatic heterocycles. The highest BCUT2D eigenvalue weighted by molar-refractivity contribution is 5.58. The van der Waals surface area contributed by atoms with Gasteiger partial charge in [-0.2, -0.15) is 0 Å². The van der Waals surface area contributed by atoms with Gasteiger partial charge < -0.3 is 10.2 Å². The van der Waals surface area contributed by atoms with E-state index in [2.05, 4.69) is 63.2 Å². The molecular formula is C18H28N2. The van der Waals surface area contributed by atoms with Crippen LogP contribution in [0.3, 0.4) is 0 Å². The average Bonchev–Trinajstić information content (AvgIpc) is 2.69. The Kier molecular flexibility index (Phi) is 3.13. The number of nitrogens with zero attached hydrogens (tertiary/aromatic N) is 1. The van der Waals surface area contributed by atoms with E-state index in [0.29, 0.717) is 10.8 Å². The molecule has 0 atom stereocenters. The number of fused-ring (bicyclic) bond motifs is 1. The van der Waals surface area contributed by atoms with Crippen molar-refractivity contribution < 1.29 is 0 Å². The van der Waals surface area contributed by atoms with Crippen LogP contribution in [-0.4, -0.2) is 20.1 Å². The number of nitrogens with one attached hydrogen (secondary N) is 1. The van der Waals surface area contributed by atoms with Crippen molar-refractivity contribution in [3.05, 3.63) is 29.3 Å². The van der Waals surface area contributed by atoms with Crippen LogP contribution in [0.5, 0.6) is 0 Å². The Labute approximate surface area is 123 Å². The van der Waals surface area contributed by atoms with Gasteiger partial charge in [0.25, 0.3) is 0 Å². The van der Waals surface area contributed by atoms with Crippen LogP contribution in [0.25, 0.3) is 0 Å². The highest BCUT2D eigenvalue weighted by atomic mass is 15.1. The van der Waals surface area contributed by atoms with Gasteiger partial charge in [-0.3, -0.25) is 0 Å². The van der Waals surface area contributed by atoms with Crippen molar-refractivity contribution in [1.82, 2.24) is 5.32 Å². The average molecular weight is 272 g/mol. The summed E-state index contributed by atoms with van der Waals surface area (Å²) in [4.78, 5) is 2.35. The van der Waals surface area contributed by atoms with Crippen LogP contribution in [0.1, 0.15) is 38.8 Å². The van der Waals surface area contributed by atoms with Crippen molar-refractivity contribution in [2.24, 2.45) is 16.7 Å². The predicted octanol–water partition coefficient (Wildman–Crippen LogP) is 3.45. The van der Waals surface area contributed by atoms with E-state index in [1.807, 2.05) is 0 Å². The largest absolute Gasteiger partial charge is 0.374 e. The van der Waals surface area contributed by atoms with E-state index in [0.717, 1.165) is 25.6 Å². The quantitative estimate of drug-likeness (QED) is 0.903. The van der Waals surface area contributed by atoms with Crippen LogP contribution >= 0.6 is 0 Å². The molecule has 1 saturated carbocycles. The Morgan fingerprint density at radius 1 is 1.20 bits per heavy atom. The van der Waals surface area contributed by atoms with Crippen LogP contribution in [-0.2, 0) is 13.0 Å². The maximum absolute atomic E-state index is 3.66. The Bertz CT molecular complexity index is 502. The van der Waals surface area contributed by atoms with E-state index >= 15 is 0 Å². The third-order valence-corrected chi connectivity index (χ3v) is 6.27. The van der Waals surface area contributed by atoms with Crippen molar-refractivity contribution in [2.45, 2.75) is 40.7 Å². The van der Waals surface area contributed by atoms with Crippen molar-refractivity contribution in [3.8, 4) is 0 Å². The molecule has 1 heterocycles. The summed E-state index contributed by atoms with van der Waals surface area (Å²) < 4.78 is 0. The zero-order chi connectivity index (χ0) is 14.5. The highest BCUT2D eigenvalue weighted by Gasteiger charge is 2.63. The van der Waals surface area contributed by atoms with Crippen molar-refractivity contribution in [3.63, 3.8) is 0 Å². The fourth-order valence-corrected chi connectivity index (χ4v) is 3.93. The maximum atomic E-state index is 3.66. The molecule has 1 aromatic carbocycles. The van der Waals surface area contributed by atoms with Gasteiger partial charge in [0.1, 0.15) is 0 Å². The molecule has 0 saturated heterocycles. The summed E-state index contributed by atoms with van der Waals surface area (Å²) in [6.45, 7) is 12.9. The lowest BCUT2D eigenvalue weighted by atomic mass is 10.0. The lowest BCUT2D eigenvalue weighted by molar-refractivity contribution is 0.457. The Morgan fingerprint density at radius 2 is 1.90 bits per heavy atom. The van der Waals surface area contributed by atoms with Gasteiger partial charge in [0.15, 0.2) is 0 Å². The first kappa shape index (κ1) is 13.9. The predicted molar refractivity (Wildman–Crippen MR) is 86.2 cm³/mol. The zero-order valence-corrected chi connectivity index (χ0v) is 13.6. The SMILES string of the molecule is CN1CCc2cc(CNCC3C(C)(C)C3(C)C)ccc21.